The lowest BCUT2D eigenvalue weighted by Gasteiger charge is -2.29. The maximum Gasteiger partial charge on any atom is 0.330 e. The molecule has 2 aliphatic carbocycles. The van der Waals surface area contributed by atoms with E-state index in [4.69, 9.17) is 4.98 Å². The van der Waals surface area contributed by atoms with Gasteiger partial charge in [-0.3, -0.25) is 19.2 Å². The molecule has 1 aromatic carbocycles. The van der Waals surface area contributed by atoms with Crippen LogP contribution in [-0.2, 0) is 26.1 Å². The number of nitrogens with zero attached hydrogens (tertiary/aromatic N) is 4. The first-order valence-electron chi connectivity index (χ1n) is 11.7. The maximum absolute atomic E-state index is 12.7. The fraction of sp³-hybridized carbons (Fsp3) is 0.542. The molecular formula is C24H31N5O2. The Kier molecular flexibility index (Phi) is 5.30. The van der Waals surface area contributed by atoms with E-state index in [0.717, 1.165) is 31.5 Å². The molecule has 1 saturated carbocycles. The summed E-state index contributed by atoms with van der Waals surface area (Å²) in [5.74, 6) is 0.884. The van der Waals surface area contributed by atoms with Gasteiger partial charge in [0.1, 0.15) is 5.82 Å². The predicted octanol–water partition coefficient (Wildman–Crippen LogP) is 3.36. The zero-order chi connectivity index (χ0) is 21.5. The Bertz CT molecular complexity index is 1220. The lowest BCUT2D eigenvalue weighted by atomic mass is 10.1. The molecule has 7 nitrogen and oxygen atoms in total. The van der Waals surface area contributed by atoms with E-state index in [2.05, 4.69) is 41.1 Å². The van der Waals surface area contributed by atoms with Gasteiger partial charge < -0.3 is 4.57 Å². The van der Waals surface area contributed by atoms with Crippen molar-refractivity contribution in [3.05, 3.63) is 62.1 Å². The van der Waals surface area contributed by atoms with Gasteiger partial charge in [0.05, 0.1) is 6.54 Å². The van der Waals surface area contributed by atoms with Crippen LogP contribution in [0.2, 0.25) is 0 Å². The van der Waals surface area contributed by atoms with Crippen LogP contribution in [0.1, 0.15) is 68.9 Å². The molecular weight excluding hydrogens is 390 g/mol. The highest BCUT2D eigenvalue weighted by Gasteiger charge is 2.38. The number of aromatic amines is 1. The van der Waals surface area contributed by atoms with Gasteiger partial charge in [-0.05, 0) is 50.2 Å². The van der Waals surface area contributed by atoms with Gasteiger partial charge in [0.2, 0.25) is 0 Å². The molecule has 7 heteroatoms. The van der Waals surface area contributed by atoms with Gasteiger partial charge in [0.25, 0.3) is 5.56 Å². The normalized spacial score (nSPS) is 18.2. The minimum atomic E-state index is -0.359. The van der Waals surface area contributed by atoms with Crippen LogP contribution in [0.15, 0.2) is 33.9 Å². The van der Waals surface area contributed by atoms with Crippen molar-refractivity contribution in [1.82, 2.24) is 24.0 Å². The van der Waals surface area contributed by atoms with Crippen molar-refractivity contribution in [1.29, 1.82) is 0 Å². The molecule has 1 fully saturated rings. The average Bonchev–Trinajstić information content (AvgIpc) is 3.41. The van der Waals surface area contributed by atoms with Gasteiger partial charge in [-0.15, -0.1) is 0 Å². The van der Waals surface area contributed by atoms with E-state index >= 15 is 0 Å². The molecule has 0 spiro atoms. The van der Waals surface area contributed by atoms with Crippen LogP contribution < -0.4 is 11.2 Å². The van der Waals surface area contributed by atoms with Crippen LogP contribution in [0.4, 0.5) is 0 Å². The Labute approximate surface area is 181 Å². The van der Waals surface area contributed by atoms with Crippen LogP contribution in [0.5, 0.6) is 0 Å². The van der Waals surface area contributed by atoms with E-state index in [9.17, 15) is 9.59 Å². The van der Waals surface area contributed by atoms with E-state index in [1.54, 1.807) is 4.57 Å². The van der Waals surface area contributed by atoms with Gasteiger partial charge in [-0.1, -0.05) is 37.6 Å². The Morgan fingerprint density at radius 3 is 2.68 bits per heavy atom. The third-order valence-corrected chi connectivity index (χ3v) is 6.86. The van der Waals surface area contributed by atoms with E-state index in [0.29, 0.717) is 42.9 Å². The second kappa shape index (κ2) is 8.11. The molecule has 0 radical (unpaired) electrons. The number of benzene rings is 1. The third kappa shape index (κ3) is 3.55. The molecule has 5 rings (SSSR count). The second-order valence-electron chi connectivity index (χ2n) is 8.87. The second-order valence-corrected chi connectivity index (χ2v) is 8.87. The van der Waals surface area contributed by atoms with Gasteiger partial charge in [0, 0.05) is 25.2 Å². The number of unbranched alkanes of at least 4 members (excludes halogenated alkanes) is 1. The molecule has 0 bridgehead atoms. The summed E-state index contributed by atoms with van der Waals surface area (Å²) >= 11 is 0. The highest BCUT2D eigenvalue weighted by atomic mass is 16.2. The Morgan fingerprint density at radius 1 is 1.13 bits per heavy atom. The minimum Gasteiger partial charge on any atom is -0.321 e. The van der Waals surface area contributed by atoms with Gasteiger partial charge in [0.15, 0.2) is 11.2 Å². The molecule has 0 saturated heterocycles. The number of fused-ring (bicyclic) bond motifs is 2. The molecule has 2 aromatic heterocycles. The number of hydrogen-bond acceptors (Lipinski definition) is 4. The number of imidazole rings is 1. The first-order valence-corrected chi connectivity index (χ1v) is 11.7. The Hall–Kier alpha value is -2.67. The monoisotopic (exact) mass is 421 g/mol. The highest BCUT2D eigenvalue weighted by molar-refractivity contribution is 5.71. The standard InChI is InChI=1S/C24H31N5O2/c1-3-5-14-28-22-21(23(30)26-24(28)31)27(4-2)20(25-22)15-29(17-11-12-17)19-13-10-16-8-6-7-9-18(16)19/h6-9,17,19H,3-5,10-15H2,1-2H3,(H,26,30,31). The van der Waals surface area contributed by atoms with Crippen LogP contribution in [0.25, 0.3) is 11.2 Å². The quantitative estimate of drug-likeness (QED) is 0.605. The van der Waals surface area contributed by atoms with Crippen molar-refractivity contribution in [2.45, 2.75) is 84.1 Å². The van der Waals surface area contributed by atoms with Crippen LogP contribution in [0, 0.1) is 0 Å². The Morgan fingerprint density at radius 2 is 1.94 bits per heavy atom. The topological polar surface area (TPSA) is 75.9 Å². The number of hydrogen-bond donors (Lipinski definition) is 1. The summed E-state index contributed by atoms with van der Waals surface area (Å²) in [4.78, 5) is 35.2. The summed E-state index contributed by atoms with van der Waals surface area (Å²) in [6.45, 7) is 6.06. The zero-order valence-electron chi connectivity index (χ0n) is 18.4. The molecule has 1 atom stereocenters. The minimum absolute atomic E-state index is 0.336. The third-order valence-electron chi connectivity index (χ3n) is 6.86. The maximum atomic E-state index is 12.7. The summed E-state index contributed by atoms with van der Waals surface area (Å²) in [6, 6.07) is 9.74. The SMILES string of the molecule is CCCCn1c(=O)[nH]c(=O)c2c1nc(CN(C1CC1)C1CCc3ccccc31)n2CC. The lowest BCUT2D eigenvalue weighted by Crippen LogP contribution is -2.31. The van der Waals surface area contributed by atoms with Crippen LogP contribution in [0.3, 0.4) is 0 Å². The molecule has 164 valence electrons. The fourth-order valence-corrected chi connectivity index (χ4v) is 5.15. The van der Waals surface area contributed by atoms with Crippen molar-refractivity contribution >= 4 is 11.2 Å². The number of aromatic nitrogens is 4. The van der Waals surface area contributed by atoms with Gasteiger partial charge >= 0.3 is 5.69 Å². The summed E-state index contributed by atoms with van der Waals surface area (Å²) < 4.78 is 3.65. The van der Waals surface area contributed by atoms with E-state index < -0.39 is 0 Å². The van der Waals surface area contributed by atoms with Crippen molar-refractivity contribution in [3.8, 4) is 0 Å². The lowest BCUT2D eigenvalue weighted by molar-refractivity contribution is 0.170. The smallest absolute Gasteiger partial charge is 0.321 e. The van der Waals surface area contributed by atoms with E-state index in [1.165, 1.54) is 24.0 Å². The highest BCUT2D eigenvalue weighted by Crippen LogP contribution is 2.42. The van der Waals surface area contributed by atoms with Crippen molar-refractivity contribution in [2.75, 3.05) is 0 Å². The number of aryl methyl sites for hydroxylation is 3. The zero-order valence-corrected chi connectivity index (χ0v) is 18.4. The van der Waals surface area contributed by atoms with Crippen molar-refractivity contribution in [2.24, 2.45) is 0 Å². The summed E-state index contributed by atoms with van der Waals surface area (Å²) in [6.07, 6.45) is 6.53. The fourth-order valence-electron chi connectivity index (χ4n) is 5.15. The number of H-pyrrole nitrogens is 1. The predicted molar refractivity (Wildman–Crippen MR) is 121 cm³/mol. The molecule has 31 heavy (non-hydrogen) atoms. The molecule has 1 N–H and O–H groups in total. The molecule has 0 amide bonds. The summed E-state index contributed by atoms with van der Waals surface area (Å²) in [7, 11) is 0. The number of rotatable bonds is 8. The molecule has 3 aromatic rings. The molecule has 2 heterocycles. The Balaban J connectivity index is 1.57. The van der Waals surface area contributed by atoms with Gasteiger partial charge in [-0.2, -0.15) is 0 Å². The van der Waals surface area contributed by atoms with Crippen molar-refractivity contribution in [3.63, 3.8) is 0 Å². The van der Waals surface area contributed by atoms with Gasteiger partial charge in [-0.25, -0.2) is 9.78 Å². The molecule has 1 unspecified atom stereocenters. The largest absolute Gasteiger partial charge is 0.330 e. The van der Waals surface area contributed by atoms with Crippen molar-refractivity contribution < 1.29 is 0 Å². The van der Waals surface area contributed by atoms with Crippen LogP contribution >= 0.6 is 0 Å². The summed E-state index contributed by atoms with van der Waals surface area (Å²) in [5, 5.41) is 0. The van der Waals surface area contributed by atoms with E-state index in [1.807, 2.05) is 11.5 Å². The summed E-state index contributed by atoms with van der Waals surface area (Å²) in [5.41, 5.74) is 3.25. The molecule has 2 aliphatic rings. The average molecular weight is 422 g/mol. The van der Waals surface area contributed by atoms with E-state index in [-0.39, 0.29) is 11.2 Å². The molecule has 0 aliphatic heterocycles. The number of nitrogens with one attached hydrogen (secondary N) is 1. The van der Waals surface area contributed by atoms with Crippen LogP contribution in [-0.4, -0.2) is 30.0 Å². The first kappa shape index (κ1) is 20.2. The first-order chi connectivity index (χ1) is 15.1.